The first-order chi connectivity index (χ1) is 7.83. The number of ether oxygens (including phenoxy) is 1. The lowest BCUT2D eigenvalue weighted by molar-refractivity contribution is -0.187. The molecular weight excluding hydrogens is 275 g/mol. The van der Waals surface area contributed by atoms with Gasteiger partial charge < -0.3 is 10.5 Å². The molecule has 0 aliphatic carbocycles. The highest BCUT2D eigenvalue weighted by atomic mass is 35.5. The quantitative estimate of drug-likeness (QED) is 0.895. The maximum atomic E-state index is 12.1. The fourth-order valence-corrected chi connectivity index (χ4v) is 2.48. The monoisotopic (exact) mass is 287 g/mol. The molecule has 1 heterocycles. The van der Waals surface area contributed by atoms with Gasteiger partial charge in [0.1, 0.15) is 12.7 Å². The number of hydrogen-bond donors (Lipinski definition) is 1. The Morgan fingerprint density at radius 2 is 2.12 bits per heavy atom. The van der Waals surface area contributed by atoms with Gasteiger partial charge in [-0.25, -0.2) is 0 Å². The number of rotatable bonds is 5. The Bertz CT molecular complexity index is 356. The first kappa shape index (κ1) is 14.8. The van der Waals surface area contributed by atoms with Crippen molar-refractivity contribution in [2.24, 2.45) is 5.73 Å². The number of nitrogens with two attached hydrogens (primary N) is 1. The van der Waals surface area contributed by atoms with Gasteiger partial charge in [-0.3, -0.25) is 0 Å². The first-order valence-electron chi connectivity index (χ1n) is 5.02. The summed E-state index contributed by atoms with van der Waals surface area (Å²) in [5, 5.41) is 0. The molecule has 1 aromatic heterocycles. The van der Waals surface area contributed by atoms with Crippen molar-refractivity contribution < 1.29 is 17.9 Å². The minimum Gasteiger partial charge on any atom is -0.362 e. The zero-order valence-electron chi connectivity index (χ0n) is 9.13. The van der Waals surface area contributed by atoms with Crippen LogP contribution in [-0.4, -0.2) is 18.8 Å². The van der Waals surface area contributed by atoms with E-state index in [1.165, 1.54) is 11.3 Å². The third-order valence-corrected chi connectivity index (χ3v) is 3.45. The van der Waals surface area contributed by atoms with Crippen molar-refractivity contribution in [1.29, 1.82) is 0 Å². The number of halogens is 4. The summed E-state index contributed by atoms with van der Waals surface area (Å²) >= 11 is 6.93. The standard InChI is InChI=1S/C10H13ClF3NOS/c1-2-6(15)9(16-5-10(12,13)14)7-3-4-8(11)17-7/h3-4,6,9H,2,5,15H2,1H3. The van der Waals surface area contributed by atoms with Gasteiger partial charge in [-0.15, -0.1) is 11.3 Å². The highest BCUT2D eigenvalue weighted by Crippen LogP contribution is 2.32. The van der Waals surface area contributed by atoms with Crippen molar-refractivity contribution in [3.63, 3.8) is 0 Å². The van der Waals surface area contributed by atoms with Gasteiger partial charge in [0.15, 0.2) is 0 Å². The van der Waals surface area contributed by atoms with Gasteiger partial charge in [0, 0.05) is 10.9 Å². The van der Waals surface area contributed by atoms with E-state index in [0.717, 1.165) is 0 Å². The summed E-state index contributed by atoms with van der Waals surface area (Å²) in [6.07, 6.45) is -4.59. The second-order valence-electron chi connectivity index (χ2n) is 3.56. The van der Waals surface area contributed by atoms with Gasteiger partial charge in [-0.2, -0.15) is 13.2 Å². The highest BCUT2D eigenvalue weighted by Gasteiger charge is 2.31. The van der Waals surface area contributed by atoms with E-state index < -0.39 is 24.9 Å². The maximum Gasteiger partial charge on any atom is 0.411 e. The summed E-state index contributed by atoms with van der Waals surface area (Å²) < 4.78 is 41.7. The predicted octanol–water partition coefficient (Wildman–Crippen LogP) is 3.76. The molecule has 2 N–H and O–H groups in total. The molecule has 0 amide bonds. The van der Waals surface area contributed by atoms with Crippen molar-refractivity contribution >= 4 is 22.9 Å². The fourth-order valence-electron chi connectivity index (χ4n) is 1.30. The van der Waals surface area contributed by atoms with Crippen LogP contribution < -0.4 is 5.73 Å². The average Bonchev–Trinajstić information content (AvgIpc) is 2.63. The topological polar surface area (TPSA) is 35.2 Å². The molecule has 0 saturated heterocycles. The average molecular weight is 288 g/mol. The molecule has 17 heavy (non-hydrogen) atoms. The fraction of sp³-hybridized carbons (Fsp3) is 0.600. The van der Waals surface area contributed by atoms with Crippen molar-refractivity contribution in [3.8, 4) is 0 Å². The van der Waals surface area contributed by atoms with Gasteiger partial charge in [0.05, 0.1) is 4.34 Å². The molecule has 2 atom stereocenters. The van der Waals surface area contributed by atoms with Crippen LogP contribution >= 0.6 is 22.9 Å². The van der Waals surface area contributed by atoms with E-state index in [-0.39, 0.29) is 0 Å². The molecule has 0 aromatic carbocycles. The van der Waals surface area contributed by atoms with Crippen molar-refractivity contribution in [2.45, 2.75) is 31.7 Å². The molecule has 0 aliphatic heterocycles. The molecule has 0 saturated carbocycles. The Kier molecular flexibility index (Phi) is 5.24. The zero-order valence-corrected chi connectivity index (χ0v) is 10.7. The van der Waals surface area contributed by atoms with Crippen LogP contribution in [0.5, 0.6) is 0 Å². The van der Waals surface area contributed by atoms with Crippen LogP contribution in [0.25, 0.3) is 0 Å². The van der Waals surface area contributed by atoms with Crippen LogP contribution in [-0.2, 0) is 4.74 Å². The van der Waals surface area contributed by atoms with Gasteiger partial charge in [-0.1, -0.05) is 18.5 Å². The van der Waals surface area contributed by atoms with E-state index in [1.54, 1.807) is 19.1 Å². The summed E-state index contributed by atoms with van der Waals surface area (Å²) in [6.45, 7) is 0.491. The minimum absolute atomic E-state index is 0.480. The maximum absolute atomic E-state index is 12.1. The molecule has 2 unspecified atom stereocenters. The van der Waals surface area contributed by atoms with E-state index in [9.17, 15) is 13.2 Å². The number of alkyl halides is 3. The summed E-state index contributed by atoms with van der Waals surface area (Å²) in [5.74, 6) is 0. The molecule has 0 fully saturated rings. The third kappa shape index (κ3) is 4.83. The SMILES string of the molecule is CCC(N)C(OCC(F)(F)F)c1ccc(Cl)s1. The van der Waals surface area contributed by atoms with Gasteiger partial charge >= 0.3 is 6.18 Å². The lowest BCUT2D eigenvalue weighted by Gasteiger charge is -2.22. The number of hydrogen-bond acceptors (Lipinski definition) is 3. The van der Waals surface area contributed by atoms with E-state index >= 15 is 0 Å². The molecule has 0 spiro atoms. The minimum atomic E-state index is -4.35. The third-order valence-electron chi connectivity index (χ3n) is 2.16. The molecule has 0 aliphatic rings. The van der Waals surface area contributed by atoms with Crippen LogP contribution in [0.3, 0.4) is 0 Å². The molecule has 98 valence electrons. The van der Waals surface area contributed by atoms with Crippen molar-refractivity contribution in [3.05, 3.63) is 21.3 Å². The summed E-state index contributed by atoms with van der Waals surface area (Å²) in [6, 6.07) is 2.78. The Balaban J connectivity index is 2.74. The lowest BCUT2D eigenvalue weighted by atomic mass is 10.1. The Morgan fingerprint density at radius 3 is 2.53 bits per heavy atom. The van der Waals surface area contributed by atoms with Crippen LogP contribution in [0.15, 0.2) is 12.1 Å². The van der Waals surface area contributed by atoms with Gasteiger partial charge in [0.2, 0.25) is 0 Å². The van der Waals surface area contributed by atoms with Crippen molar-refractivity contribution in [2.75, 3.05) is 6.61 Å². The molecule has 2 nitrogen and oxygen atoms in total. The smallest absolute Gasteiger partial charge is 0.362 e. The van der Waals surface area contributed by atoms with Gasteiger partial charge in [-0.05, 0) is 18.6 Å². The Morgan fingerprint density at radius 1 is 1.47 bits per heavy atom. The molecule has 0 bridgehead atoms. The summed E-state index contributed by atoms with van der Waals surface area (Å²) in [5.41, 5.74) is 5.76. The van der Waals surface area contributed by atoms with Crippen molar-refractivity contribution in [1.82, 2.24) is 0 Å². The van der Waals surface area contributed by atoms with Crippen LogP contribution in [0, 0.1) is 0 Å². The first-order valence-corrected chi connectivity index (χ1v) is 6.22. The van der Waals surface area contributed by atoms with Gasteiger partial charge in [0.25, 0.3) is 0 Å². The Labute approximate surface area is 107 Å². The molecular formula is C10H13ClF3NOS. The summed E-state index contributed by atoms with van der Waals surface area (Å²) in [4.78, 5) is 0.619. The van der Waals surface area contributed by atoms with Crippen LogP contribution in [0.4, 0.5) is 13.2 Å². The Hall–Kier alpha value is -0.300. The molecule has 7 heteroatoms. The summed E-state index contributed by atoms with van der Waals surface area (Å²) in [7, 11) is 0. The van der Waals surface area contributed by atoms with Crippen LogP contribution in [0.2, 0.25) is 4.34 Å². The molecule has 0 radical (unpaired) electrons. The van der Waals surface area contributed by atoms with E-state index in [1.807, 2.05) is 0 Å². The zero-order chi connectivity index (χ0) is 13.1. The highest BCUT2D eigenvalue weighted by molar-refractivity contribution is 7.16. The second kappa shape index (κ2) is 6.04. The largest absolute Gasteiger partial charge is 0.411 e. The van der Waals surface area contributed by atoms with E-state index in [2.05, 4.69) is 0 Å². The predicted molar refractivity (Wildman–Crippen MR) is 62.3 cm³/mol. The molecule has 1 rings (SSSR count). The van der Waals surface area contributed by atoms with E-state index in [0.29, 0.717) is 15.6 Å². The van der Waals surface area contributed by atoms with Crippen LogP contribution in [0.1, 0.15) is 24.3 Å². The lowest BCUT2D eigenvalue weighted by Crippen LogP contribution is -2.31. The number of thiophene rings is 1. The molecule has 1 aromatic rings. The second-order valence-corrected chi connectivity index (χ2v) is 5.31. The normalized spacial score (nSPS) is 15.9. The van der Waals surface area contributed by atoms with E-state index in [4.69, 9.17) is 22.1 Å².